The summed E-state index contributed by atoms with van der Waals surface area (Å²) in [6.07, 6.45) is 9.77. The molecule has 1 atom stereocenters. The average molecular weight is 657 g/mol. The monoisotopic (exact) mass is 655 g/mol. The van der Waals surface area contributed by atoms with Gasteiger partial charge in [-0.2, -0.15) is 4.31 Å². The maximum Gasteiger partial charge on any atom is 0.246 e. The Kier molecular flexibility index (Phi) is 10.8. The van der Waals surface area contributed by atoms with Gasteiger partial charge >= 0.3 is 0 Å². The van der Waals surface area contributed by atoms with Gasteiger partial charge in [0.05, 0.1) is 16.7 Å². The van der Waals surface area contributed by atoms with E-state index in [2.05, 4.69) is 40.5 Å². The lowest BCUT2D eigenvalue weighted by Gasteiger charge is -2.47. The van der Waals surface area contributed by atoms with Crippen LogP contribution in [0.5, 0.6) is 0 Å². The van der Waals surface area contributed by atoms with Crippen molar-refractivity contribution >= 4 is 50.7 Å². The van der Waals surface area contributed by atoms with Crippen LogP contribution in [0.2, 0.25) is 15.1 Å². The number of ether oxygens (including phenoxy) is 1. The number of piperidine rings is 1. The van der Waals surface area contributed by atoms with E-state index in [4.69, 9.17) is 39.5 Å². The van der Waals surface area contributed by atoms with Gasteiger partial charge in [-0.1, -0.05) is 71.6 Å². The molecule has 2 heterocycles. The van der Waals surface area contributed by atoms with E-state index in [1.54, 1.807) is 0 Å². The molecule has 0 spiro atoms. The second kappa shape index (κ2) is 14.1. The largest absolute Gasteiger partial charge is 0.370 e. The van der Waals surface area contributed by atoms with E-state index in [0.29, 0.717) is 13.0 Å². The fourth-order valence-electron chi connectivity index (χ4n) is 6.98. The van der Waals surface area contributed by atoms with Crippen LogP contribution in [0.25, 0.3) is 0 Å². The molecule has 3 fully saturated rings. The summed E-state index contributed by atoms with van der Waals surface area (Å²) in [6, 6.07) is 13.2. The van der Waals surface area contributed by atoms with Crippen molar-refractivity contribution in [2.45, 2.75) is 86.7 Å². The zero-order valence-electron chi connectivity index (χ0n) is 23.9. The zero-order chi connectivity index (χ0) is 29.7. The molecule has 2 saturated heterocycles. The molecule has 1 N–H and O–H groups in total. The molecule has 11 heteroatoms. The first-order valence-corrected chi connectivity index (χ1v) is 17.6. The number of carbonyl (C=O) groups is 1. The van der Waals surface area contributed by atoms with Crippen LogP contribution in [-0.4, -0.2) is 74.0 Å². The standard InChI is InChI=1S/C31H40Cl3N3O4S/c32-24-18-27(33)30(28(34)19-24)42(39,40)37-17-5-4-10-26(37)21-41-22-29(38)35-25-11-13-31(14-12-25,36-15-6-7-16-36)20-23-8-2-1-3-9-23/h1-3,8-9,18-19,25-26H,4-7,10-17,20-22H2,(H,35,38). The van der Waals surface area contributed by atoms with Gasteiger partial charge in [-0.3, -0.25) is 9.69 Å². The SMILES string of the molecule is O=C(COCC1CCCCN1S(=O)(=O)c1c(Cl)cc(Cl)cc1Cl)NC1CCC(Cc2ccccc2)(N2CCCC2)CC1. The predicted molar refractivity (Wildman–Crippen MR) is 168 cm³/mol. The van der Waals surface area contributed by atoms with Gasteiger partial charge in [0.25, 0.3) is 0 Å². The Labute approximate surface area is 264 Å². The fourth-order valence-corrected chi connectivity index (χ4v) is 10.2. The van der Waals surface area contributed by atoms with Gasteiger partial charge in [0.15, 0.2) is 0 Å². The van der Waals surface area contributed by atoms with E-state index >= 15 is 0 Å². The number of nitrogens with one attached hydrogen (secondary N) is 1. The Hall–Kier alpha value is -1.39. The van der Waals surface area contributed by atoms with Gasteiger partial charge in [-0.05, 0) is 88.6 Å². The van der Waals surface area contributed by atoms with Crippen molar-refractivity contribution in [1.29, 1.82) is 0 Å². The number of hydrogen-bond donors (Lipinski definition) is 1. The highest BCUT2D eigenvalue weighted by Gasteiger charge is 2.42. The number of amides is 1. The molecule has 5 rings (SSSR count). The van der Waals surface area contributed by atoms with Crippen molar-refractivity contribution in [3.8, 4) is 0 Å². The first kappa shape index (κ1) is 32.0. The Bertz CT molecular complexity index is 1310. The molecule has 0 bridgehead atoms. The molecule has 3 aliphatic rings. The van der Waals surface area contributed by atoms with Crippen molar-refractivity contribution in [2.24, 2.45) is 0 Å². The summed E-state index contributed by atoms with van der Waals surface area (Å²) in [5.74, 6) is -0.161. The molecule has 1 amide bonds. The van der Waals surface area contributed by atoms with E-state index in [1.807, 2.05) is 0 Å². The van der Waals surface area contributed by atoms with Gasteiger partial charge in [0, 0.05) is 29.2 Å². The Morgan fingerprint density at radius 3 is 2.24 bits per heavy atom. The lowest BCUT2D eigenvalue weighted by Crippen LogP contribution is -2.54. The summed E-state index contributed by atoms with van der Waals surface area (Å²) >= 11 is 18.5. The van der Waals surface area contributed by atoms with Gasteiger partial charge in [0.2, 0.25) is 15.9 Å². The van der Waals surface area contributed by atoms with Crippen molar-refractivity contribution in [3.05, 3.63) is 63.1 Å². The number of hydrogen-bond acceptors (Lipinski definition) is 5. The van der Waals surface area contributed by atoms with Crippen LogP contribution in [0.4, 0.5) is 0 Å². The summed E-state index contributed by atoms with van der Waals surface area (Å²) in [5, 5.41) is 3.42. The second-order valence-electron chi connectivity index (χ2n) is 11.9. The third-order valence-corrected chi connectivity index (χ3v) is 12.2. The third kappa shape index (κ3) is 7.45. The summed E-state index contributed by atoms with van der Waals surface area (Å²) in [6.45, 7) is 2.66. The van der Waals surface area contributed by atoms with Crippen LogP contribution in [0.15, 0.2) is 47.4 Å². The predicted octanol–water partition coefficient (Wildman–Crippen LogP) is 6.34. The first-order chi connectivity index (χ1) is 20.2. The topological polar surface area (TPSA) is 78.9 Å². The Morgan fingerprint density at radius 1 is 0.929 bits per heavy atom. The Morgan fingerprint density at radius 2 is 1.57 bits per heavy atom. The molecule has 7 nitrogen and oxygen atoms in total. The zero-order valence-corrected chi connectivity index (χ0v) is 27.0. The molecule has 2 aliphatic heterocycles. The van der Waals surface area contributed by atoms with Crippen LogP contribution >= 0.6 is 34.8 Å². The summed E-state index contributed by atoms with van der Waals surface area (Å²) in [5.41, 5.74) is 1.53. The minimum Gasteiger partial charge on any atom is -0.370 e. The first-order valence-electron chi connectivity index (χ1n) is 15.0. The normalized spacial score (nSPS) is 25.9. The number of carbonyl (C=O) groups excluding carboxylic acids is 1. The number of likely N-dealkylation sites (tertiary alicyclic amines) is 1. The molecule has 42 heavy (non-hydrogen) atoms. The summed E-state index contributed by atoms with van der Waals surface area (Å²) in [4.78, 5) is 15.4. The molecule has 0 aromatic heterocycles. The van der Waals surface area contributed by atoms with E-state index in [0.717, 1.165) is 58.0 Å². The average Bonchev–Trinajstić information content (AvgIpc) is 3.50. The molecular weight excluding hydrogens is 617 g/mol. The van der Waals surface area contributed by atoms with E-state index in [1.165, 1.54) is 34.8 Å². The minimum absolute atomic E-state index is 0.0119. The number of benzene rings is 2. The molecule has 2 aromatic rings. The van der Waals surface area contributed by atoms with Crippen molar-refractivity contribution in [1.82, 2.24) is 14.5 Å². The lowest BCUT2D eigenvalue weighted by molar-refractivity contribution is -0.127. The molecular formula is C31H40Cl3N3O4S. The number of rotatable bonds is 10. The molecule has 1 aliphatic carbocycles. The highest BCUT2D eigenvalue weighted by Crippen LogP contribution is 2.39. The van der Waals surface area contributed by atoms with Gasteiger partial charge < -0.3 is 10.1 Å². The Balaban J connectivity index is 1.14. The minimum atomic E-state index is -3.98. The maximum absolute atomic E-state index is 13.5. The van der Waals surface area contributed by atoms with E-state index < -0.39 is 16.1 Å². The highest BCUT2D eigenvalue weighted by molar-refractivity contribution is 7.89. The molecule has 1 unspecified atom stereocenters. The van der Waals surface area contributed by atoms with Crippen molar-refractivity contribution < 1.29 is 17.9 Å². The van der Waals surface area contributed by atoms with Crippen LogP contribution in [0.1, 0.15) is 63.4 Å². The summed E-state index contributed by atoms with van der Waals surface area (Å²) < 4.78 is 34.3. The van der Waals surface area contributed by atoms with Crippen LogP contribution in [-0.2, 0) is 26.0 Å². The molecule has 2 aromatic carbocycles. The second-order valence-corrected chi connectivity index (χ2v) is 15.0. The lowest BCUT2D eigenvalue weighted by atomic mass is 9.74. The van der Waals surface area contributed by atoms with Gasteiger partial charge in [-0.15, -0.1) is 0 Å². The number of nitrogens with zero attached hydrogens (tertiary/aromatic N) is 2. The molecule has 1 saturated carbocycles. The van der Waals surface area contributed by atoms with Crippen LogP contribution < -0.4 is 5.32 Å². The third-order valence-electron chi connectivity index (χ3n) is 9.08. The summed E-state index contributed by atoms with van der Waals surface area (Å²) in [7, 11) is -3.98. The number of sulfonamides is 1. The van der Waals surface area contributed by atoms with Crippen LogP contribution in [0.3, 0.4) is 0 Å². The molecule has 230 valence electrons. The fraction of sp³-hybridized carbons (Fsp3) is 0.581. The highest BCUT2D eigenvalue weighted by atomic mass is 35.5. The molecule has 0 radical (unpaired) electrons. The maximum atomic E-state index is 13.5. The number of halogens is 3. The van der Waals surface area contributed by atoms with Crippen molar-refractivity contribution in [2.75, 3.05) is 32.8 Å². The quantitative estimate of drug-likeness (QED) is 0.323. The van der Waals surface area contributed by atoms with Crippen molar-refractivity contribution in [3.63, 3.8) is 0 Å². The van der Waals surface area contributed by atoms with Gasteiger partial charge in [-0.25, -0.2) is 8.42 Å². The van der Waals surface area contributed by atoms with E-state index in [9.17, 15) is 13.2 Å². The smallest absolute Gasteiger partial charge is 0.246 e. The van der Waals surface area contributed by atoms with Gasteiger partial charge in [0.1, 0.15) is 11.5 Å². The van der Waals surface area contributed by atoms with E-state index in [-0.39, 0.29) is 50.7 Å². The van der Waals surface area contributed by atoms with Crippen LogP contribution in [0, 0.1) is 0 Å².